The highest BCUT2D eigenvalue weighted by atomic mass is 32.1. The molecular formula is C8H14N4S. The molecule has 2 heterocycles. The summed E-state index contributed by atoms with van der Waals surface area (Å²) in [5.74, 6) is 0. The summed E-state index contributed by atoms with van der Waals surface area (Å²) in [4.78, 5) is 0. The van der Waals surface area contributed by atoms with Crippen molar-refractivity contribution >= 4 is 11.5 Å². The Kier molecular flexibility index (Phi) is 3.23. The van der Waals surface area contributed by atoms with Crippen molar-refractivity contribution in [1.82, 2.24) is 20.0 Å². The zero-order valence-electron chi connectivity index (χ0n) is 7.57. The molecule has 1 saturated heterocycles. The summed E-state index contributed by atoms with van der Waals surface area (Å²) in [7, 11) is 0. The monoisotopic (exact) mass is 198 g/mol. The highest BCUT2D eigenvalue weighted by Gasteiger charge is 2.09. The highest BCUT2D eigenvalue weighted by molar-refractivity contribution is 7.03. The molecule has 0 bridgehead atoms. The third-order valence-electron chi connectivity index (χ3n) is 2.24. The Morgan fingerprint density at radius 1 is 1.38 bits per heavy atom. The molecule has 5 heteroatoms. The molecule has 0 radical (unpaired) electrons. The molecule has 0 saturated carbocycles. The highest BCUT2D eigenvalue weighted by Crippen LogP contribution is 2.06. The fourth-order valence-corrected chi connectivity index (χ4v) is 1.96. The third kappa shape index (κ3) is 2.72. The van der Waals surface area contributed by atoms with Crippen molar-refractivity contribution < 1.29 is 0 Å². The predicted octanol–water partition coefficient (Wildman–Crippen LogP) is 1.03. The Morgan fingerprint density at radius 2 is 2.23 bits per heavy atom. The molecule has 0 aromatic carbocycles. The lowest BCUT2D eigenvalue weighted by atomic mass is 10.2. The Labute approximate surface area is 82.1 Å². The summed E-state index contributed by atoms with van der Waals surface area (Å²) in [6.45, 7) is 3.14. The first-order valence-electron chi connectivity index (χ1n) is 4.69. The number of piperidine rings is 1. The van der Waals surface area contributed by atoms with Gasteiger partial charge >= 0.3 is 0 Å². The summed E-state index contributed by atoms with van der Waals surface area (Å²) in [6.07, 6.45) is 3.99. The summed E-state index contributed by atoms with van der Waals surface area (Å²) >= 11 is 1.41. The van der Waals surface area contributed by atoms with E-state index in [0.29, 0.717) is 0 Å². The van der Waals surface area contributed by atoms with Gasteiger partial charge in [0, 0.05) is 18.5 Å². The van der Waals surface area contributed by atoms with E-state index in [-0.39, 0.29) is 0 Å². The molecule has 1 N–H and O–H groups in total. The second kappa shape index (κ2) is 4.64. The van der Waals surface area contributed by atoms with Gasteiger partial charge in [-0.25, -0.2) is 10.4 Å². The summed E-state index contributed by atoms with van der Waals surface area (Å²) in [5.41, 5.74) is 4.40. The van der Waals surface area contributed by atoms with Crippen LogP contribution in [0.25, 0.3) is 0 Å². The number of rotatable bonds is 3. The average Bonchev–Trinajstić information content (AvgIpc) is 2.69. The first-order valence-corrected chi connectivity index (χ1v) is 5.53. The molecule has 1 aliphatic heterocycles. The fourth-order valence-electron chi connectivity index (χ4n) is 1.51. The van der Waals surface area contributed by atoms with E-state index in [9.17, 15) is 0 Å². The van der Waals surface area contributed by atoms with E-state index in [1.807, 2.05) is 5.38 Å². The Balaban J connectivity index is 1.72. The van der Waals surface area contributed by atoms with Gasteiger partial charge in [-0.3, -0.25) is 0 Å². The largest absolute Gasteiger partial charge is 0.249 e. The lowest BCUT2D eigenvalue weighted by Crippen LogP contribution is -2.41. The number of aromatic nitrogens is 2. The van der Waals surface area contributed by atoms with Crippen LogP contribution < -0.4 is 5.43 Å². The minimum absolute atomic E-state index is 0.816. The summed E-state index contributed by atoms with van der Waals surface area (Å²) < 4.78 is 3.82. The summed E-state index contributed by atoms with van der Waals surface area (Å²) in [5, 5.41) is 8.24. The Bertz CT molecular complexity index is 230. The average molecular weight is 198 g/mol. The zero-order valence-corrected chi connectivity index (χ0v) is 8.39. The van der Waals surface area contributed by atoms with Crippen LogP contribution in [0.15, 0.2) is 5.38 Å². The van der Waals surface area contributed by atoms with Gasteiger partial charge in [0.2, 0.25) is 0 Å². The van der Waals surface area contributed by atoms with Gasteiger partial charge in [0.1, 0.15) is 0 Å². The number of nitrogens with zero attached hydrogens (tertiary/aromatic N) is 3. The van der Waals surface area contributed by atoms with Crippen molar-refractivity contribution in [2.75, 3.05) is 13.1 Å². The van der Waals surface area contributed by atoms with Crippen molar-refractivity contribution in [3.05, 3.63) is 11.1 Å². The van der Waals surface area contributed by atoms with Crippen LogP contribution in [0.4, 0.5) is 0 Å². The van der Waals surface area contributed by atoms with Crippen molar-refractivity contribution in [2.45, 2.75) is 25.8 Å². The molecule has 1 aromatic rings. The molecule has 1 aliphatic rings. The van der Waals surface area contributed by atoms with Crippen molar-refractivity contribution in [1.29, 1.82) is 0 Å². The van der Waals surface area contributed by atoms with Crippen LogP contribution in [0.3, 0.4) is 0 Å². The molecule has 1 fully saturated rings. The summed E-state index contributed by atoms with van der Waals surface area (Å²) in [6, 6.07) is 0. The molecule has 72 valence electrons. The van der Waals surface area contributed by atoms with Crippen LogP contribution in [0.5, 0.6) is 0 Å². The predicted molar refractivity (Wildman–Crippen MR) is 52.2 cm³/mol. The standard InChI is InChI=1S/C8H14N4S/c1-2-4-12(5-3-1)9-6-8-7-13-11-10-8/h7,9H,1-6H2. The van der Waals surface area contributed by atoms with Crippen LogP contribution in [0.1, 0.15) is 25.0 Å². The van der Waals surface area contributed by atoms with Crippen molar-refractivity contribution in [3.63, 3.8) is 0 Å². The molecule has 0 spiro atoms. The number of nitrogens with one attached hydrogen (secondary N) is 1. The number of hydrazine groups is 1. The van der Waals surface area contributed by atoms with Crippen LogP contribution in [0.2, 0.25) is 0 Å². The molecule has 0 aliphatic carbocycles. The van der Waals surface area contributed by atoms with E-state index in [2.05, 4.69) is 20.0 Å². The fraction of sp³-hybridized carbons (Fsp3) is 0.750. The molecule has 4 nitrogen and oxygen atoms in total. The third-order valence-corrected chi connectivity index (χ3v) is 2.80. The molecule has 1 aromatic heterocycles. The van der Waals surface area contributed by atoms with E-state index in [4.69, 9.17) is 0 Å². The van der Waals surface area contributed by atoms with Gasteiger partial charge in [0.05, 0.1) is 12.2 Å². The van der Waals surface area contributed by atoms with Crippen molar-refractivity contribution in [2.24, 2.45) is 0 Å². The van der Waals surface area contributed by atoms with E-state index in [1.54, 1.807) is 0 Å². The molecule has 0 unspecified atom stereocenters. The maximum Gasteiger partial charge on any atom is 0.0907 e. The van der Waals surface area contributed by atoms with E-state index >= 15 is 0 Å². The minimum Gasteiger partial charge on any atom is -0.249 e. The maximum absolute atomic E-state index is 3.98. The van der Waals surface area contributed by atoms with Gasteiger partial charge in [0.15, 0.2) is 0 Å². The van der Waals surface area contributed by atoms with Crippen molar-refractivity contribution in [3.8, 4) is 0 Å². The zero-order chi connectivity index (χ0) is 8.93. The topological polar surface area (TPSA) is 41.1 Å². The van der Waals surface area contributed by atoms with E-state index in [0.717, 1.165) is 25.3 Å². The molecular weight excluding hydrogens is 184 g/mol. The number of hydrogen-bond acceptors (Lipinski definition) is 5. The van der Waals surface area contributed by atoms with Gasteiger partial charge in [-0.05, 0) is 24.4 Å². The first-order chi connectivity index (χ1) is 6.45. The Hall–Kier alpha value is -0.520. The van der Waals surface area contributed by atoms with E-state index in [1.165, 1.54) is 30.8 Å². The SMILES string of the molecule is c1snnc1CNN1CCCCC1. The quantitative estimate of drug-likeness (QED) is 0.787. The number of hydrogen-bond donors (Lipinski definition) is 1. The second-order valence-corrected chi connectivity index (χ2v) is 3.89. The molecule has 13 heavy (non-hydrogen) atoms. The van der Waals surface area contributed by atoms with Gasteiger partial charge in [-0.1, -0.05) is 10.9 Å². The molecule has 0 atom stereocenters. The normalized spacial score (nSPS) is 19.1. The molecule has 0 amide bonds. The minimum atomic E-state index is 0.816. The smallest absolute Gasteiger partial charge is 0.0907 e. The van der Waals surface area contributed by atoms with Crippen LogP contribution in [-0.4, -0.2) is 27.7 Å². The van der Waals surface area contributed by atoms with Crippen LogP contribution in [-0.2, 0) is 6.54 Å². The van der Waals surface area contributed by atoms with Gasteiger partial charge in [-0.2, -0.15) is 0 Å². The van der Waals surface area contributed by atoms with Gasteiger partial charge in [-0.15, -0.1) is 5.10 Å². The van der Waals surface area contributed by atoms with Crippen LogP contribution >= 0.6 is 11.5 Å². The lowest BCUT2D eigenvalue weighted by molar-refractivity contribution is 0.150. The maximum atomic E-state index is 3.98. The molecule has 2 rings (SSSR count). The van der Waals surface area contributed by atoms with Gasteiger partial charge < -0.3 is 0 Å². The lowest BCUT2D eigenvalue weighted by Gasteiger charge is -2.26. The second-order valence-electron chi connectivity index (χ2n) is 3.28. The van der Waals surface area contributed by atoms with E-state index < -0.39 is 0 Å². The Morgan fingerprint density at radius 3 is 2.92 bits per heavy atom. The first kappa shape index (κ1) is 9.05. The van der Waals surface area contributed by atoms with Crippen LogP contribution in [0, 0.1) is 0 Å². The van der Waals surface area contributed by atoms with Gasteiger partial charge in [0.25, 0.3) is 0 Å².